The number of rotatable bonds is 3. The number of carbonyl (C=O) groups is 2. The molecule has 1 N–H and O–H groups in total. The van der Waals surface area contributed by atoms with Crippen LogP contribution in [0.4, 0.5) is 15.4 Å². The molecule has 10 heteroatoms. The maximum Gasteiger partial charge on any atom is 0.425 e. The highest BCUT2D eigenvalue weighted by Crippen LogP contribution is 2.33. The van der Waals surface area contributed by atoms with Crippen LogP contribution in [-0.4, -0.2) is 38.1 Å². The minimum Gasteiger partial charge on any atom is -0.464 e. The summed E-state index contributed by atoms with van der Waals surface area (Å²) in [7, 11) is 0. The quantitative estimate of drug-likeness (QED) is 0.580. The van der Waals surface area contributed by atoms with Crippen LogP contribution in [0.2, 0.25) is 0 Å². The highest BCUT2D eigenvalue weighted by molar-refractivity contribution is 9.10. The van der Waals surface area contributed by atoms with Crippen LogP contribution in [0.3, 0.4) is 0 Å². The summed E-state index contributed by atoms with van der Waals surface area (Å²) >= 11 is 3.28. The SMILES string of the molecule is CC(C)(C)OC(=O)N(C(=O)O)c1ncc(Br)cc1-c1nnc(-c2ccccc2)o1. The number of ether oxygens (including phenoxy) is 1. The van der Waals surface area contributed by atoms with Gasteiger partial charge in [0, 0.05) is 16.2 Å². The van der Waals surface area contributed by atoms with Gasteiger partial charge in [0.15, 0.2) is 5.82 Å². The Kier molecular flexibility index (Phi) is 5.64. The van der Waals surface area contributed by atoms with Crippen LogP contribution < -0.4 is 4.90 Å². The number of amides is 2. The smallest absolute Gasteiger partial charge is 0.425 e. The van der Waals surface area contributed by atoms with E-state index in [-0.39, 0.29) is 23.2 Å². The number of carboxylic acid groups (broad SMARTS) is 1. The number of hydrogen-bond acceptors (Lipinski definition) is 7. The van der Waals surface area contributed by atoms with Crippen molar-refractivity contribution in [2.75, 3.05) is 4.90 Å². The molecule has 0 saturated carbocycles. The Hall–Kier alpha value is -3.27. The maximum atomic E-state index is 12.5. The van der Waals surface area contributed by atoms with Crippen LogP contribution in [0.1, 0.15) is 20.8 Å². The molecule has 0 unspecified atom stereocenters. The Morgan fingerprint density at radius 3 is 2.41 bits per heavy atom. The largest absolute Gasteiger partial charge is 0.464 e. The third kappa shape index (κ3) is 4.77. The molecule has 3 rings (SSSR count). The average Bonchev–Trinajstić information content (AvgIpc) is 3.12. The Morgan fingerprint density at radius 1 is 1.14 bits per heavy atom. The molecule has 3 aromatic rings. The molecule has 0 atom stereocenters. The normalized spacial score (nSPS) is 11.2. The first kappa shape index (κ1) is 20.5. The van der Waals surface area contributed by atoms with Crippen molar-refractivity contribution in [1.82, 2.24) is 15.2 Å². The number of pyridine rings is 1. The predicted octanol–water partition coefficient (Wildman–Crippen LogP) is 4.98. The predicted molar refractivity (Wildman–Crippen MR) is 107 cm³/mol. The second-order valence-electron chi connectivity index (χ2n) is 6.90. The zero-order valence-corrected chi connectivity index (χ0v) is 17.4. The molecule has 9 nitrogen and oxygen atoms in total. The van der Waals surface area contributed by atoms with Crippen molar-refractivity contribution in [3.63, 3.8) is 0 Å². The summed E-state index contributed by atoms with van der Waals surface area (Å²) in [5.74, 6) is 0.0336. The van der Waals surface area contributed by atoms with Gasteiger partial charge in [0.1, 0.15) is 5.60 Å². The number of benzene rings is 1. The lowest BCUT2D eigenvalue weighted by Gasteiger charge is -2.24. The van der Waals surface area contributed by atoms with Crippen LogP contribution in [-0.2, 0) is 4.74 Å². The topological polar surface area (TPSA) is 119 Å². The summed E-state index contributed by atoms with van der Waals surface area (Å²) in [5, 5.41) is 17.6. The average molecular weight is 461 g/mol. The van der Waals surface area contributed by atoms with Gasteiger partial charge in [-0.1, -0.05) is 18.2 Å². The van der Waals surface area contributed by atoms with E-state index >= 15 is 0 Å². The fraction of sp³-hybridized carbons (Fsp3) is 0.211. The highest BCUT2D eigenvalue weighted by atomic mass is 79.9. The summed E-state index contributed by atoms with van der Waals surface area (Å²) in [6, 6.07) is 10.6. The van der Waals surface area contributed by atoms with Crippen LogP contribution in [0.15, 0.2) is 51.5 Å². The number of nitrogens with zero attached hydrogens (tertiary/aromatic N) is 4. The third-order valence-electron chi connectivity index (χ3n) is 3.49. The number of aromatic nitrogens is 3. The Bertz CT molecular complexity index is 1050. The van der Waals surface area contributed by atoms with Crippen molar-refractivity contribution in [1.29, 1.82) is 0 Å². The first-order chi connectivity index (χ1) is 13.7. The van der Waals surface area contributed by atoms with E-state index in [0.717, 1.165) is 0 Å². The molecule has 0 saturated heterocycles. The fourth-order valence-corrected chi connectivity index (χ4v) is 2.69. The summed E-state index contributed by atoms with van der Waals surface area (Å²) in [6.45, 7) is 4.89. The summed E-state index contributed by atoms with van der Waals surface area (Å²) in [4.78, 5) is 28.8. The Balaban J connectivity index is 2.07. The Morgan fingerprint density at radius 2 is 1.79 bits per heavy atom. The van der Waals surface area contributed by atoms with Crippen molar-refractivity contribution in [3.8, 4) is 22.9 Å². The van der Waals surface area contributed by atoms with Gasteiger partial charge in [-0.05, 0) is 54.9 Å². The molecule has 150 valence electrons. The van der Waals surface area contributed by atoms with E-state index in [9.17, 15) is 14.7 Å². The van der Waals surface area contributed by atoms with Crippen LogP contribution >= 0.6 is 15.9 Å². The molecular formula is C19H17BrN4O5. The van der Waals surface area contributed by atoms with E-state index in [1.165, 1.54) is 12.3 Å². The van der Waals surface area contributed by atoms with Gasteiger partial charge in [-0.25, -0.2) is 14.6 Å². The lowest BCUT2D eigenvalue weighted by molar-refractivity contribution is 0.0581. The molecule has 0 bridgehead atoms. The van der Waals surface area contributed by atoms with Crippen LogP contribution in [0.5, 0.6) is 0 Å². The van der Waals surface area contributed by atoms with E-state index in [0.29, 0.717) is 14.9 Å². The minimum atomic E-state index is -1.56. The molecule has 2 aromatic heterocycles. The van der Waals surface area contributed by atoms with Crippen LogP contribution in [0.25, 0.3) is 22.9 Å². The Labute approximate surface area is 174 Å². The number of anilines is 1. The van der Waals surface area contributed by atoms with Gasteiger partial charge in [-0.3, -0.25) is 0 Å². The van der Waals surface area contributed by atoms with Gasteiger partial charge >= 0.3 is 12.2 Å². The van der Waals surface area contributed by atoms with Crippen molar-refractivity contribution >= 4 is 33.9 Å². The second-order valence-corrected chi connectivity index (χ2v) is 7.82. The third-order valence-corrected chi connectivity index (χ3v) is 3.92. The highest BCUT2D eigenvalue weighted by Gasteiger charge is 2.33. The zero-order chi connectivity index (χ0) is 21.2. The molecule has 1 aromatic carbocycles. The monoisotopic (exact) mass is 460 g/mol. The molecule has 0 spiro atoms. The molecule has 2 amide bonds. The molecule has 0 aliphatic heterocycles. The van der Waals surface area contributed by atoms with Gasteiger partial charge in [0.05, 0.1) is 5.56 Å². The standard InChI is InChI=1S/C19H17BrN4O5/c1-19(2,3)29-18(27)24(17(25)26)14-13(9-12(20)10-21-14)16-23-22-15(28-16)11-7-5-4-6-8-11/h4-10H,1-3H3,(H,25,26). The van der Waals surface area contributed by atoms with Gasteiger partial charge in [0.25, 0.3) is 5.89 Å². The molecule has 0 aliphatic carbocycles. The molecule has 0 radical (unpaired) electrons. The number of carbonyl (C=O) groups excluding carboxylic acids is 1. The van der Waals surface area contributed by atoms with E-state index in [4.69, 9.17) is 9.15 Å². The fourth-order valence-electron chi connectivity index (χ4n) is 2.36. The lowest BCUT2D eigenvalue weighted by Crippen LogP contribution is -2.41. The second kappa shape index (κ2) is 8.00. The molecule has 2 heterocycles. The van der Waals surface area contributed by atoms with Crippen molar-refractivity contribution in [3.05, 3.63) is 47.1 Å². The maximum absolute atomic E-state index is 12.5. The van der Waals surface area contributed by atoms with Crippen molar-refractivity contribution < 1.29 is 23.8 Å². The summed E-state index contributed by atoms with van der Waals surface area (Å²) < 4.78 is 11.4. The molecular weight excluding hydrogens is 444 g/mol. The zero-order valence-electron chi connectivity index (χ0n) is 15.8. The lowest BCUT2D eigenvalue weighted by atomic mass is 10.2. The van der Waals surface area contributed by atoms with E-state index < -0.39 is 17.8 Å². The van der Waals surface area contributed by atoms with Gasteiger partial charge in [-0.15, -0.1) is 10.2 Å². The van der Waals surface area contributed by atoms with Gasteiger partial charge in [0.2, 0.25) is 5.89 Å². The van der Waals surface area contributed by atoms with Gasteiger partial charge < -0.3 is 14.3 Å². The first-order valence-electron chi connectivity index (χ1n) is 8.46. The number of hydrogen-bond donors (Lipinski definition) is 1. The van der Waals surface area contributed by atoms with E-state index in [1.54, 1.807) is 32.9 Å². The molecule has 0 aliphatic rings. The van der Waals surface area contributed by atoms with Crippen LogP contribution in [0, 0.1) is 0 Å². The molecule has 0 fully saturated rings. The minimum absolute atomic E-state index is 0.00228. The molecule has 29 heavy (non-hydrogen) atoms. The van der Waals surface area contributed by atoms with E-state index in [1.807, 2.05) is 18.2 Å². The number of halogens is 1. The first-order valence-corrected chi connectivity index (χ1v) is 9.26. The van der Waals surface area contributed by atoms with Gasteiger partial charge in [-0.2, -0.15) is 4.90 Å². The van der Waals surface area contributed by atoms with Crippen molar-refractivity contribution in [2.24, 2.45) is 0 Å². The summed E-state index contributed by atoms with van der Waals surface area (Å²) in [5.41, 5.74) is -0.0500. The van der Waals surface area contributed by atoms with Crippen molar-refractivity contribution in [2.45, 2.75) is 26.4 Å². The summed E-state index contributed by atoms with van der Waals surface area (Å²) in [6.07, 6.45) is -1.30. The number of imide groups is 1. The van der Waals surface area contributed by atoms with E-state index in [2.05, 4.69) is 31.1 Å².